The average molecular weight is 649 g/mol. The lowest BCUT2D eigenvalue weighted by molar-refractivity contribution is -0.123. The van der Waals surface area contributed by atoms with Crippen LogP contribution >= 0.6 is 11.8 Å². The van der Waals surface area contributed by atoms with Gasteiger partial charge in [0.2, 0.25) is 11.9 Å². The molecule has 4 heterocycles. The fourth-order valence-corrected chi connectivity index (χ4v) is 5.97. The van der Waals surface area contributed by atoms with E-state index in [1.165, 1.54) is 12.0 Å². The smallest absolute Gasteiger partial charge is 0.328 e. The summed E-state index contributed by atoms with van der Waals surface area (Å²) >= 11 is 0.896. The molecule has 2 aromatic carbocycles. The molecule has 0 aliphatic carbocycles. The van der Waals surface area contributed by atoms with Crippen molar-refractivity contribution < 1.29 is 33.3 Å². The minimum Gasteiger partial charge on any atom is -0.493 e. The van der Waals surface area contributed by atoms with E-state index in [2.05, 4.69) is 9.97 Å². The van der Waals surface area contributed by atoms with Crippen molar-refractivity contribution in [2.45, 2.75) is 13.8 Å². The number of amides is 2. The van der Waals surface area contributed by atoms with Crippen molar-refractivity contribution in [3.63, 3.8) is 0 Å². The molecule has 0 radical (unpaired) electrons. The number of carbonyl (C=O) groups excluding carboxylic acids is 2. The molecule has 0 unspecified atom stereocenters. The third-order valence-corrected chi connectivity index (χ3v) is 8.56. The first kappa shape index (κ1) is 31.6. The van der Waals surface area contributed by atoms with Crippen molar-refractivity contribution in [3.8, 4) is 23.3 Å². The van der Waals surface area contributed by atoms with Gasteiger partial charge in [-0.05, 0) is 66.6 Å². The number of ether oxygens (including phenoxy) is 5. The second kappa shape index (κ2) is 14.4. The Morgan fingerprint density at radius 2 is 1.52 bits per heavy atom. The molecule has 13 nitrogen and oxygen atoms in total. The van der Waals surface area contributed by atoms with E-state index in [1.54, 1.807) is 24.3 Å². The Morgan fingerprint density at radius 1 is 0.848 bits per heavy atom. The Bertz CT molecular complexity index is 1590. The zero-order valence-corrected chi connectivity index (χ0v) is 26.9. The number of carbonyl (C=O) groups is 2. The molecule has 2 amide bonds. The summed E-state index contributed by atoms with van der Waals surface area (Å²) in [5, 5.41) is -0.338. The van der Waals surface area contributed by atoms with Gasteiger partial charge in [0.25, 0.3) is 11.1 Å². The Kier molecular flexibility index (Phi) is 9.85. The molecule has 0 saturated carbocycles. The number of nitrogens with zero attached hydrogens (tertiary/aromatic N) is 6. The van der Waals surface area contributed by atoms with Gasteiger partial charge in [0.05, 0.1) is 45.0 Å². The number of methoxy groups -OCH3 is 1. The number of morpholine rings is 2. The van der Waals surface area contributed by atoms with E-state index in [0.29, 0.717) is 86.5 Å². The van der Waals surface area contributed by atoms with Crippen molar-refractivity contribution in [3.05, 3.63) is 58.0 Å². The lowest BCUT2D eigenvalue weighted by Gasteiger charge is -2.30. The Morgan fingerprint density at radius 3 is 2.17 bits per heavy atom. The molecule has 0 atom stereocenters. The molecule has 14 heteroatoms. The number of aromatic nitrogens is 3. The van der Waals surface area contributed by atoms with Gasteiger partial charge in [-0.15, -0.1) is 0 Å². The van der Waals surface area contributed by atoms with E-state index in [-0.39, 0.29) is 30.3 Å². The summed E-state index contributed by atoms with van der Waals surface area (Å²) in [7, 11) is 1.53. The van der Waals surface area contributed by atoms with Crippen LogP contribution in [0.2, 0.25) is 0 Å². The van der Waals surface area contributed by atoms with E-state index >= 15 is 0 Å². The predicted octanol–water partition coefficient (Wildman–Crippen LogP) is 4.08. The average Bonchev–Trinajstić information content (AvgIpc) is 3.34. The maximum Gasteiger partial charge on any atom is 0.328 e. The topological polar surface area (TPSA) is 129 Å². The highest BCUT2D eigenvalue weighted by atomic mass is 32.2. The molecule has 242 valence electrons. The van der Waals surface area contributed by atoms with Gasteiger partial charge >= 0.3 is 6.01 Å². The van der Waals surface area contributed by atoms with Crippen LogP contribution in [0, 0.1) is 13.8 Å². The largest absolute Gasteiger partial charge is 0.493 e. The molecule has 3 saturated heterocycles. The summed E-state index contributed by atoms with van der Waals surface area (Å²) in [5.41, 5.74) is 2.73. The number of hydrogen-bond donors (Lipinski definition) is 0. The number of hydrogen-bond acceptors (Lipinski definition) is 13. The van der Waals surface area contributed by atoms with Crippen LogP contribution in [-0.4, -0.2) is 104 Å². The maximum absolute atomic E-state index is 13.1. The van der Waals surface area contributed by atoms with Crippen molar-refractivity contribution in [1.29, 1.82) is 0 Å². The molecule has 0 spiro atoms. The van der Waals surface area contributed by atoms with Crippen LogP contribution in [0.25, 0.3) is 6.08 Å². The first-order chi connectivity index (χ1) is 22.4. The molecule has 1 aromatic heterocycles. The zero-order valence-electron chi connectivity index (χ0n) is 26.1. The van der Waals surface area contributed by atoms with Gasteiger partial charge in [0.1, 0.15) is 12.4 Å². The predicted molar refractivity (Wildman–Crippen MR) is 173 cm³/mol. The number of thioether (sulfide) groups is 1. The molecule has 3 fully saturated rings. The molecule has 46 heavy (non-hydrogen) atoms. The molecule has 0 bridgehead atoms. The fraction of sp³-hybridized carbons (Fsp3) is 0.406. The number of benzene rings is 2. The monoisotopic (exact) mass is 648 g/mol. The zero-order chi connectivity index (χ0) is 32.0. The highest BCUT2D eigenvalue weighted by molar-refractivity contribution is 8.18. The molecule has 6 rings (SSSR count). The molecule has 0 N–H and O–H groups in total. The van der Waals surface area contributed by atoms with Gasteiger partial charge in [0, 0.05) is 26.2 Å². The lowest BCUT2D eigenvalue weighted by Crippen LogP contribution is -2.40. The van der Waals surface area contributed by atoms with E-state index in [0.717, 1.165) is 28.6 Å². The molecular weight excluding hydrogens is 612 g/mol. The quantitative estimate of drug-likeness (QED) is 0.293. The van der Waals surface area contributed by atoms with Crippen molar-refractivity contribution in [2.75, 3.05) is 82.7 Å². The second-order valence-corrected chi connectivity index (χ2v) is 11.9. The van der Waals surface area contributed by atoms with Crippen LogP contribution < -0.4 is 24.0 Å². The minimum absolute atomic E-state index is 0.133. The number of imide groups is 1. The number of aryl methyl sites for hydroxylation is 2. The maximum atomic E-state index is 13.1. The highest BCUT2D eigenvalue weighted by Gasteiger charge is 2.35. The first-order valence-electron chi connectivity index (χ1n) is 15.1. The SMILES string of the molecule is COc1cc(/C=C2\SC(=O)N(CCOc3cc(C)ccc3C)C2=O)ccc1Oc1nc(N2CCOCC2)nc(N2CCOCC2)n1. The third-order valence-electron chi connectivity index (χ3n) is 7.66. The Balaban J connectivity index is 1.17. The second-order valence-electron chi connectivity index (χ2n) is 10.9. The van der Waals surface area contributed by atoms with Gasteiger partial charge in [-0.25, -0.2) is 0 Å². The fourth-order valence-electron chi connectivity index (χ4n) is 5.10. The standard InChI is InChI=1S/C32H36N6O7S/c1-21-4-5-22(2)25(18-21)44-17-12-38-28(39)27(46-32(38)40)20-23-6-7-24(26(19-23)41-3)45-31-34-29(36-8-13-42-14-9-36)33-30(35-31)37-10-15-43-16-11-37/h4-7,18-20H,8-17H2,1-3H3/b27-20-. The summed E-state index contributed by atoms with van der Waals surface area (Å²) < 4.78 is 28.7. The summed E-state index contributed by atoms with van der Waals surface area (Å²) in [6.45, 7) is 9.29. The molecular formula is C32H36N6O7S. The minimum atomic E-state index is -0.365. The third kappa shape index (κ3) is 7.35. The first-order valence-corrected chi connectivity index (χ1v) is 15.9. The summed E-state index contributed by atoms with van der Waals surface area (Å²) in [6, 6.07) is 11.3. The van der Waals surface area contributed by atoms with Crippen LogP contribution in [0.1, 0.15) is 16.7 Å². The Labute approximate surface area is 271 Å². The summed E-state index contributed by atoms with van der Waals surface area (Å²) in [5.74, 6) is 2.21. The van der Waals surface area contributed by atoms with Gasteiger partial charge in [-0.3, -0.25) is 14.5 Å². The molecule has 3 aromatic rings. The van der Waals surface area contributed by atoms with E-state index in [4.69, 9.17) is 28.7 Å². The van der Waals surface area contributed by atoms with E-state index in [1.807, 2.05) is 41.8 Å². The molecule has 3 aliphatic heterocycles. The molecule has 3 aliphatic rings. The van der Waals surface area contributed by atoms with Crippen LogP contribution in [-0.2, 0) is 14.3 Å². The van der Waals surface area contributed by atoms with Gasteiger partial charge in [0.15, 0.2) is 11.5 Å². The van der Waals surface area contributed by atoms with Gasteiger partial charge < -0.3 is 33.5 Å². The van der Waals surface area contributed by atoms with Crippen molar-refractivity contribution >= 4 is 40.9 Å². The summed E-state index contributed by atoms with van der Waals surface area (Å²) in [6.07, 6.45) is 1.67. The Hall–Kier alpha value is -4.40. The summed E-state index contributed by atoms with van der Waals surface area (Å²) in [4.78, 5) is 45.4. The number of rotatable bonds is 10. The lowest BCUT2D eigenvalue weighted by atomic mass is 10.1. The van der Waals surface area contributed by atoms with Crippen LogP contribution in [0.4, 0.5) is 16.7 Å². The normalized spacial score (nSPS) is 18.0. The highest BCUT2D eigenvalue weighted by Crippen LogP contribution is 2.36. The van der Waals surface area contributed by atoms with Crippen molar-refractivity contribution in [1.82, 2.24) is 19.9 Å². The van der Waals surface area contributed by atoms with Crippen molar-refractivity contribution in [2.24, 2.45) is 0 Å². The van der Waals surface area contributed by atoms with E-state index < -0.39 is 0 Å². The number of anilines is 2. The van der Waals surface area contributed by atoms with Gasteiger partial charge in [-0.1, -0.05) is 18.2 Å². The van der Waals surface area contributed by atoms with E-state index in [9.17, 15) is 9.59 Å². The van der Waals surface area contributed by atoms with Crippen LogP contribution in [0.5, 0.6) is 23.3 Å². The van der Waals surface area contributed by atoms with Gasteiger partial charge in [-0.2, -0.15) is 15.0 Å². The van der Waals surface area contributed by atoms with Crippen LogP contribution in [0.3, 0.4) is 0 Å². The van der Waals surface area contributed by atoms with Crippen LogP contribution in [0.15, 0.2) is 41.3 Å².